The van der Waals surface area contributed by atoms with Gasteiger partial charge in [0.15, 0.2) is 0 Å². The molecule has 1 heterocycles. The molecule has 0 aromatic heterocycles. The molecule has 2 aromatic rings. The molecule has 3 rings (SSSR count). The molecule has 24 heavy (non-hydrogen) atoms. The van der Waals surface area contributed by atoms with Crippen molar-refractivity contribution in [1.82, 2.24) is 4.90 Å². The van der Waals surface area contributed by atoms with E-state index in [-0.39, 0.29) is 18.4 Å². The van der Waals surface area contributed by atoms with E-state index in [1.807, 2.05) is 6.07 Å². The van der Waals surface area contributed by atoms with Crippen molar-refractivity contribution in [3.63, 3.8) is 0 Å². The van der Waals surface area contributed by atoms with Crippen LogP contribution in [0.1, 0.15) is 15.9 Å². The summed E-state index contributed by atoms with van der Waals surface area (Å²) in [6.45, 7) is 0.874. The number of halogens is 1. The maximum atomic E-state index is 12.5. The fourth-order valence-corrected chi connectivity index (χ4v) is 2.83. The second kappa shape index (κ2) is 6.73. The number of hydrogen-bond acceptors (Lipinski definition) is 3. The lowest BCUT2D eigenvalue weighted by molar-refractivity contribution is -0.120. The minimum absolute atomic E-state index is 0.0192. The molecule has 0 spiro atoms. The second-order valence-electron chi connectivity index (χ2n) is 5.44. The minimum atomic E-state index is -0.203. The molecule has 1 fully saturated rings. The van der Waals surface area contributed by atoms with Gasteiger partial charge in [0.1, 0.15) is 6.54 Å². The Bertz CT molecular complexity index is 827. The van der Waals surface area contributed by atoms with Gasteiger partial charge in [0.05, 0.1) is 11.6 Å². The van der Waals surface area contributed by atoms with E-state index in [9.17, 15) is 9.59 Å². The van der Waals surface area contributed by atoms with Crippen molar-refractivity contribution in [2.24, 2.45) is 0 Å². The van der Waals surface area contributed by atoms with Crippen LogP contribution in [0.25, 0.3) is 0 Å². The second-order valence-corrected chi connectivity index (χ2v) is 5.88. The molecule has 120 valence electrons. The molecule has 0 unspecified atom stereocenters. The highest BCUT2D eigenvalue weighted by molar-refractivity contribution is 6.31. The van der Waals surface area contributed by atoms with Crippen LogP contribution in [-0.4, -0.2) is 36.3 Å². The first-order valence-corrected chi connectivity index (χ1v) is 7.81. The standard InChI is InChI=1S/C18H14ClN3O2/c19-15-3-1-2-14(10-15)18(24)21-8-9-22(17(23)12-21)16-6-4-13(11-20)5-7-16/h1-7,10H,8-9,12H2. The smallest absolute Gasteiger partial charge is 0.254 e. The summed E-state index contributed by atoms with van der Waals surface area (Å²) in [6.07, 6.45) is 0. The highest BCUT2D eigenvalue weighted by Crippen LogP contribution is 2.20. The quantitative estimate of drug-likeness (QED) is 0.845. The van der Waals surface area contributed by atoms with Gasteiger partial charge in [-0.3, -0.25) is 9.59 Å². The van der Waals surface area contributed by atoms with Crippen LogP contribution >= 0.6 is 11.6 Å². The lowest BCUT2D eigenvalue weighted by Gasteiger charge is -2.34. The zero-order valence-electron chi connectivity index (χ0n) is 12.8. The van der Waals surface area contributed by atoms with E-state index in [0.717, 1.165) is 5.69 Å². The van der Waals surface area contributed by atoms with Gasteiger partial charge in [-0.2, -0.15) is 5.26 Å². The molecule has 6 heteroatoms. The molecule has 1 aliphatic rings. The van der Waals surface area contributed by atoms with Gasteiger partial charge in [-0.25, -0.2) is 0 Å². The lowest BCUT2D eigenvalue weighted by Crippen LogP contribution is -2.52. The van der Waals surface area contributed by atoms with E-state index in [4.69, 9.17) is 16.9 Å². The van der Waals surface area contributed by atoms with Crippen LogP contribution < -0.4 is 4.90 Å². The predicted molar refractivity (Wildman–Crippen MR) is 90.9 cm³/mol. The van der Waals surface area contributed by atoms with Gasteiger partial charge >= 0.3 is 0 Å². The van der Waals surface area contributed by atoms with Gasteiger partial charge in [-0.05, 0) is 42.5 Å². The Labute approximate surface area is 144 Å². The molecular formula is C18H14ClN3O2. The molecule has 0 aliphatic carbocycles. The molecule has 0 bridgehead atoms. The number of rotatable bonds is 2. The summed E-state index contributed by atoms with van der Waals surface area (Å²) in [7, 11) is 0. The fraction of sp³-hybridized carbons (Fsp3) is 0.167. The summed E-state index contributed by atoms with van der Waals surface area (Å²) in [5, 5.41) is 9.32. The molecule has 2 aromatic carbocycles. The molecule has 1 saturated heterocycles. The number of hydrogen-bond donors (Lipinski definition) is 0. The molecule has 0 N–H and O–H groups in total. The first-order chi connectivity index (χ1) is 11.6. The number of benzene rings is 2. The molecule has 5 nitrogen and oxygen atoms in total. The maximum absolute atomic E-state index is 12.5. The summed E-state index contributed by atoms with van der Waals surface area (Å²) in [6, 6.07) is 15.6. The summed E-state index contributed by atoms with van der Waals surface area (Å²) in [5.74, 6) is -0.355. The summed E-state index contributed by atoms with van der Waals surface area (Å²) >= 11 is 5.92. The number of nitrogens with zero attached hydrogens (tertiary/aromatic N) is 3. The van der Waals surface area contributed by atoms with Crippen LogP contribution in [0, 0.1) is 11.3 Å². The van der Waals surface area contributed by atoms with Crippen molar-refractivity contribution in [3.8, 4) is 6.07 Å². The largest absolute Gasteiger partial charge is 0.328 e. The van der Waals surface area contributed by atoms with Gasteiger partial charge < -0.3 is 9.80 Å². The van der Waals surface area contributed by atoms with Gasteiger partial charge in [0, 0.05) is 29.4 Å². The van der Waals surface area contributed by atoms with E-state index < -0.39 is 0 Å². The Balaban J connectivity index is 1.72. The SMILES string of the molecule is N#Cc1ccc(N2CCN(C(=O)c3cccc(Cl)c3)CC2=O)cc1. The number of anilines is 1. The highest BCUT2D eigenvalue weighted by atomic mass is 35.5. The number of nitriles is 1. The number of piperazine rings is 1. The number of carbonyl (C=O) groups is 2. The van der Waals surface area contributed by atoms with E-state index in [2.05, 4.69) is 0 Å². The van der Waals surface area contributed by atoms with Gasteiger partial charge in [0.25, 0.3) is 5.91 Å². The van der Waals surface area contributed by atoms with Crippen molar-refractivity contribution in [2.75, 3.05) is 24.5 Å². The van der Waals surface area contributed by atoms with Crippen molar-refractivity contribution in [3.05, 3.63) is 64.7 Å². The number of amides is 2. The van der Waals surface area contributed by atoms with Crippen LogP contribution in [0.2, 0.25) is 5.02 Å². The Kier molecular flexibility index (Phi) is 4.50. The van der Waals surface area contributed by atoms with Crippen LogP contribution in [0.5, 0.6) is 0 Å². The Morgan fingerprint density at radius 2 is 1.88 bits per heavy atom. The molecule has 0 saturated carbocycles. The minimum Gasteiger partial charge on any atom is -0.328 e. The molecule has 2 amide bonds. The van der Waals surface area contributed by atoms with Gasteiger partial charge in [-0.15, -0.1) is 0 Å². The third-order valence-electron chi connectivity index (χ3n) is 3.89. The Hall–Kier alpha value is -2.84. The monoisotopic (exact) mass is 339 g/mol. The van der Waals surface area contributed by atoms with Crippen molar-refractivity contribution in [1.29, 1.82) is 5.26 Å². The topological polar surface area (TPSA) is 64.4 Å². The molecule has 1 aliphatic heterocycles. The van der Waals surface area contributed by atoms with Gasteiger partial charge in [-0.1, -0.05) is 17.7 Å². The Morgan fingerprint density at radius 3 is 2.50 bits per heavy atom. The van der Waals surface area contributed by atoms with Crippen molar-refractivity contribution >= 4 is 29.1 Å². The zero-order valence-corrected chi connectivity index (χ0v) is 13.5. The van der Waals surface area contributed by atoms with E-state index in [0.29, 0.717) is 29.2 Å². The summed E-state index contributed by atoms with van der Waals surface area (Å²) < 4.78 is 0. The van der Waals surface area contributed by atoms with E-state index in [1.54, 1.807) is 53.4 Å². The molecule has 0 atom stereocenters. The van der Waals surface area contributed by atoms with Gasteiger partial charge in [0.2, 0.25) is 5.91 Å². The van der Waals surface area contributed by atoms with Crippen LogP contribution in [-0.2, 0) is 4.79 Å². The van der Waals surface area contributed by atoms with Crippen molar-refractivity contribution < 1.29 is 9.59 Å². The third-order valence-corrected chi connectivity index (χ3v) is 4.12. The van der Waals surface area contributed by atoms with Crippen LogP contribution in [0.3, 0.4) is 0 Å². The fourth-order valence-electron chi connectivity index (χ4n) is 2.64. The van der Waals surface area contributed by atoms with Crippen LogP contribution in [0.15, 0.2) is 48.5 Å². The molecule has 0 radical (unpaired) electrons. The number of carbonyl (C=O) groups excluding carboxylic acids is 2. The predicted octanol–water partition coefficient (Wildman–Crippen LogP) is 2.70. The van der Waals surface area contributed by atoms with Crippen LogP contribution in [0.4, 0.5) is 5.69 Å². The summed E-state index contributed by atoms with van der Waals surface area (Å²) in [5.41, 5.74) is 1.75. The van der Waals surface area contributed by atoms with Crippen molar-refractivity contribution in [2.45, 2.75) is 0 Å². The Morgan fingerprint density at radius 1 is 1.12 bits per heavy atom. The lowest BCUT2D eigenvalue weighted by atomic mass is 10.1. The average Bonchev–Trinajstić information content (AvgIpc) is 2.61. The van der Waals surface area contributed by atoms with E-state index >= 15 is 0 Å². The molecular weight excluding hydrogens is 326 g/mol. The zero-order chi connectivity index (χ0) is 17.1. The maximum Gasteiger partial charge on any atom is 0.254 e. The summed E-state index contributed by atoms with van der Waals surface area (Å²) in [4.78, 5) is 28.0. The highest BCUT2D eigenvalue weighted by Gasteiger charge is 2.28. The van der Waals surface area contributed by atoms with E-state index in [1.165, 1.54) is 4.90 Å². The average molecular weight is 340 g/mol. The third kappa shape index (κ3) is 3.24. The normalized spacial score (nSPS) is 14.4. The first kappa shape index (κ1) is 16.0. The first-order valence-electron chi connectivity index (χ1n) is 7.44.